The molecule has 0 heterocycles. The predicted molar refractivity (Wildman–Crippen MR) is 67.2 cm³/mol. The van der Waals surface area contributed by atoms with Gasteiger partial charge in [-0.25, -0.2) is 0 Å². The molecule has 15 heavy (non-hydrogen) atoms. The average molecular weight is 231 g/mol. The summed E-state index contributed by atoms with van der Waals surface area (Å²) in [5.41, 5.74) is 0. The molecule has 0 N–H and O–H groups in total. The Morgan fingerprint density at radius 3 is 1.53 bits per heavy atom. The standard InChI is InChI=1S/C12H27O2Si/c1-6-10-13-15(14-11-7-2)12(5,8-3)9-4/h6-11H2,1-5H3. The van der Waals surface area contributed by atoms with Crippen LogP contribution in [0.3, 0.4) is 0 Å². The molecule has 2 nitrogen and oxygen atoms in total. The van der Waals surface area contributed by atoms with Gasteiger partial charge in [0.05, 0.1) is 0 Å². The first-order chi connectivity index (χ1) is 7.14. The Hall–Kier alpha value is 0.137. The van der Waals surface area contributed by atoms with E-state index in [1.54, 1.807) is 0 Å². The zero-order valence-electron chi connectivity index (χ0n) is 11.1. The molecule has 0 rings (SSSR count). The van der Waals surface area contributed by atoms with Crippen LogP contribution in [-0.2, 0) is 8.85 Å². The summed E-state index contributed by atoms with van der Waals surface area (Å²) in [7, 11) is -1.11. The van der Waals surface area contributed by atoms with E-state index in [2.05, 4.69) is 34.6 Å². The van der Waals surface area contributed by atoms with Crippen molar-refractivity contribution in [1.29, 1.82) is 0 Å². The molecule has 0 aliphatic heterocycles. The van der Waals surface area contributed by atoms with Crippen LogP contribution in [0.2, 0.25) is 5.04 Å². The van der Waals surface area contributed by atoms with Gasteiger partial charge >= 0.3 is 9.28 Å². The Labute approximate surface area is 97.2 Å². The van der Waals surface area contributed by atoms with E-state index in [4.69, 9.17) is 8.85 Å². The third-order valence-electron chi connectivity index (χ3n) is 2.93. The van der Waals surface area contributed by atoms with Crippen molar-refractivity contribution in [3.05, 3.63) is 0 Å². The van der Waals surface area contributed by atoms with Crippen LogP contribution in [0, 0.1) is 0 Å². The highest BCUT2D eigenvalue weighted by molar-refractivity contribution is 6.48. The second-order valence-corrected chi connectivity index (χ2v) is 6.61. The third kappa shape index (κ3) is 5.14. The molecule has 0 spiro atoms. The Morgan fingerprint density at radius 2 is 1.27 bits per heavy atom. The molecule has 0 aliphatic rings. The summed E-state index contributed by atoms with van der Waals surface area (Å²) < 4.78 is 11.8. The molecule has 0 saturated carbocycles. The van der Waals surface area contributed by atoms with Crippen LogP contribution >= 0.6 is 0 Å². The van der Waals surface area contributed by atoms with Gasteiger partial charge in [-0.3, -0.25) is 0 Å². The molecule has 0 unspecified atom stereocenters. The van der Waals surface area contributed by atoms with Gasteiger partial charge in [0.2, 0.25) is 0 Å². The van der Waals surface area contributed by atoms with E-state index in [0.29, 0.717) is 0 Å². The lowest BCUT2D eigenvalue weighted by atomic mass is 10.1. The molecule has 0 amide bonds. The Morgan fingerprint density at radius 1 is 0.867 bits per heavy atom. The largest absolute Gasteiger partial charge is 0.393 e. The van der Waals surface area contributed by atoms with E-state index in [0.717, 1.165) is 38.9 Å². The molecule has 0 fully saturated rings. The van der Waals surface area contributed by atoms with Gasteiger partial charge in [0.25, 0.3) is 0 Å². The van der Waals surface area contributed by atoms with Gasteiger partial charge in [0.15, 0.2) is 0 Å². The first-order valence-electron chi connectivity index (χ1n) is 6.27. The van der Waals surface area contributed by atoms with Gasteiger partial charge in [-0.15, -0.1) is 0 Å². The number of rotatable bonds is 9. The molecule has 0 aromatic heterocycles. The lowest BCUT2D eigenvalue weighted by Crippen LogP contribution is -2.36. The predicted octanol–water partition coefficient (Wildman–Crippen LogP) is 3.91. The van der Waals surface area contributed by atoms with Crippen LogP contribution in [0.15, 0.2) is 0 Å². The molecule has 0 atom stereocenters. The summed E-state index contributed by atoms with van der Waals surface area (Å²) >= 11 is 0. The second kappa shape index (κ2) is 8.31. The van der Waals surface area contributed by atoms with Crippen LogP contribution in [0.5, 0.6) is 0 Å². The van der Waals surface area contributed by atoms with Gasteiger partial charge in [-0.2, -0.15) is 0 Å². The van der Waals surface area contributed by atoms with Crippen molar-refractivity contribution in [1.82, 2.24) is 0 Å². The van der Waals surface area contributed by atoms with Crippen LogP contribution < -0.4 is 0 Å². The fourth-order valence-electron chi connectivity index (χ4n) is 1.32. The number of hydrogen-bond acceptors (Lipinski definition) is 2. The fraction of sp³-hybridized carbons (Fsp3) is 1.00. The minimum atomic E-state index is -1.11. The lowest BCUT2D eigenvalue weighted by Gasteiger charge is -2.32. The zero-order chi connectivity index (χ0) is 11.7. The molecule has 0 aromatic carbocycles. The number of hydrogen-bond donors (Lipinski definition) is 0. The average Bonchev–Trinajstić information content (AvgIpc) is 2.28. The van der Waals surface area contributed by atoms with E-state index in [1.165, 1.54) is 0 Å². The summed E-state index contributed by atoms with van der Waals surface area (Å²) in [4.78, 5) is 0. The summed E-state index contributed by atoms with van der Waals surface area (Å²) in [6, 6.07) is 0. The lowest BCUT2D eigenvalue weighted by molar-refractivity contribution is 0.169. The van der Waals surface area contributed by atoms with Gasteiger partial charge in [-0.1, -0.05) is 34.6 Å². The maximum atomic E-state index is 5.92. The quantitative estimate of drug-likeness (QED) is 0.560. The summed E-state index contributed by atoms with van der Waals surface area (Å²) in [6.07, 6.45) is 4.44. The summed E-state index contributed by atoms with van der Waals surface area (Å²) in [5, 5.41) is 0.259. The maximum Gasteiger partial charge on any atom is 0.391 e. The maximum absolute atomic E-state index is 5.92. The van der Waals surface area contributed by atoms with Crippen molar-refractivity contribution in [2.24, 2.45) is 0 Å². The van der Waals surface area contributed by atoms with E-state index in [1.807, 2.05) is 0 Å². The highest BCUT2D eigenvalue weighted by Gasteiger charge is 2.37. The molecule has 0 bridgehead atoms. The summed E-state index contributed by atoms with van der Waals surface area (Å²) in [6.45, 7) is 12.7. The molecule has 0 saturated heterocycles. The van der Waals surface area contributed by atoms with Crippen molar-refractivity contribution >= 4 is 9.28 Å². The molecule has 1 radical (unpaired) electrons. The van der Waals surface area contributed by atoms with Gasteiger partial charge < -0.3 is 8.85 Å². The third-order valence-corrected chi connectivity index (χ3v) is 5.55. The minimum Gasteiger partial charge on any atom is -0.393 e. The highest BCUT2D eigenvalue weighted by atomic mass is 28.3. The molecular formula is C12H27O2Si. The van der Waals surface area contributed by atoms with Crippen LogP contribution in [-0.4, -0.2) is 22.5 Å². The van der Waals surface area contributed by atoms with E-state index >= 15 is 0 Å². The van der Waals surface area contributed by atoms with Gasteiger partial charge in [0, 0.05) is 18.3 Å². The molecule has 91 valence electrons. The molecule has 3 heteroatoms. The van der Waals surface area contributed by atoms with E-state index in [9.17, 15) is 0 Å². The van der Waals surface area contributed by atoms with Crippen molar-refractivity contribution in [2.75, 3.05) is 13.2 Å². The van der Waals surface area contributed by atoms with Crippen LogP contribution in [0.1, 0.15) is 60.3 Å². The molecule has 0 aromatic rings. The normalized spacial score (nSPS) is 12.4. The Balaban J connectivity index is 4.29. The van der Waals surface area contributed by atoms with Gasteiger partial charge in [0.1, 0.15) is 0 Å². The molecular weight excluding hydrogens is 204 g/mol. The van der Waals surface area contributed by atoms with Crippen molar-refractivity contribution in [2.45, 2.75) is 65.3 Å². The topological polar surface area (TPSA) is 18.5 Å². The Bertz CT molecular complexity index is 139. The first kappa shape index (κ1) is 15.1. The summed E-state index contributed by atoms with van der Waals surface area (Å²) in [5.74, 6) is 0. The van der Waals surface area contributed by atoms with Crippen LogP contribution in [0.25, 0.3) is 0 Å². The van der Waals surface area contributed by atoms with Crippen molar-refractivity contribution < 1.29 is 8.85 Å². The van der Waals surface area contributed by atoms with E-state index in [-0.39, 0.29) is 5.04 Å². The monoisotopic (exact) mass is 231 g/mol. The van der Waals surface area contributed by atoms with Gasteiger partial charge in [-0.05, 0) is 25.7 Å². The second-order valence-electron chi connectivity index (χ2n) is 4.25. The highest BCUT2D eigenvalue weighted by Crippen LogP contribution is 2.38. The SMILES string of the molecule is CCCO[Si](OCCC)C(C)(CC)CC. The first-order valence-corrected chi connectivity index (χ1v) is 7.59. The zero-order valence-corrected chi connectivity index (χ0v) is 12.1. The van der Waals surface area contributed by atoms with E-state index < -0.39 is 9.28 Å². The van der Waals surface area contributed by atoms with Crippen LogP contribution in [0.4, 0.5) is 0 Å². The molecule has 0 aliphatic carbocycles. The van der Waals surface area contributed by atoms with Crippen molar-refractivity contribution in [3.63, 3.8) is 0 Å². The minimum absolute atomic E-state index is 0.259. The Kier molecular flexibility index (Phi) is 8.38. The smallest absolute Gasteiger partial charge is 0.391 e. The fourth-order valence-corrected chi connectivity index (χ4v) is 3.45. The van der Waals surface area contributed by atoms with Crippen molar-refractivity contribution in [3.8, 4) is 0 Å².